The molecule has 0 N–H and O–H groups in total. The second-order valence-electron chi connectivity index (χ2n) is 4.31. The Bertz CT molecular complexity index is 612. The van der Waals surface area contributed by atoms with Crippen LogP contribution < -0.4 is 0 Å². The van der Waals surface area contributed by atoms with Crippen molar-refractivity contribution in [2.45, 2.75) is 5.92 Å². The van der Waals surface area contributed by atoms with Gasteiger partial charge >= 0.3 is 0 Å². The Hall–Kier alpha value is -2.22. The molecule has 88 valence electrons. The van der Waals surface area contributed by atoms with Gasteiger partial charge in [-0.3, -0.25) is 9.98 Å². The molecular weight excluding hydrogens is 220 g/mol. The molecule has 1 heterocycles. The van der Waals surface area contributed by atoms with Crippen LogP contribution in [0.4, 0.5) is 5.69 Å². The average Bonchev–Trinajstić information content (AvgIpc) is 2.80. The summed E-state index contributed by atoms with van der Waals surface area (Å²) >= 11 is 0. The lowest BCUT2D eigenvalue weighted by Gasteiger charge is -2.09. The fourth-order valence-corrected chi connectivity index (χ4v) is 2.35. The van der Waals surface area contributed by atoms with Crippen molar-refractivity contribution in [1.82, 2.24) is 0 Å². The van der Waals surface area contributed by atoms with E-state index in [1.54, 1.807) is 0 Å². The van der Waals surface area contributed by atoms with Crippen molar-refractivity contribution in [1.29, 1.82) is 0 Å². The molecule has 2 aromatic rings. The molecular formula is C16H14N2. The van der Waals surface area contributed by atoms with Crippen molar-refractivity contribution < 1.29 is 0 Å². The number of hydrogen-bond acceptors (Lipinski definition) is 2. The third-order valence-corrected chi connectivity index (χ3v) is 3.18. The van der Waals surface area contributed by atoms with E-state index in [0.717, 1.165) is 11.4 Å². The predicted molar refractivity (Wildman–Crippen MR) is 76.2 cm³/mol. The minimum atomic E-state index is 0.175. The number of aliphatic imine (C=N–C) groups is 2. The first-order chi connectivity index (χ1) is 8.90. The van der Waals surface area contributed by atoms with E-state index in [-0.39, 0.29) is 5.92 Å². The number of rotatable bonds is 2. The normalized spacial score (nSPS) is 17.8. The van der Waals surface area contributed by atoms with Crippen molar-refractivity contribution in [2.75, 3.05) is 7.05 Å². The van der Waals surface area contributed by atoms with Crippen molar-refractivity contribution in [3.05, 3.63) is 65.7 Å². The van der Waals surface area contributed by atoms with Gasteiger partial charge in [0.05, 0.1) is 17.3 Å². The Kier molecular flexibility index (Phi) is 2.77. The van der Waals surface area contributed by atoms with Crippen molar-refractivity contribution in [3.8, 4) is 0 Å². The second-order valence-corrected chi connectivity index (χ2v) is 4.31. The van der Waals surface area contributed by atoms with E-state index in [1.807, 2.05) is 37.5 Å². The molecule has 0 spiro atoms. The van der Waals surface area contributed by atoms with Crippen LogP contribution in [0.5, 0.6) is 0 Å². The van der Waals surface area contributed by atoms with E-state index in [9.17, 15) is 0 Å². The van der Waals surface area contributed by atoms with Crippen LogP contribution in [0.2, 0.25) is 0 Å². The van der Waals surface area contributed by atoms with Crippen molar-refractivity contribution >= 4 is 17.6 Å². The van der Waals surface area contributed by atoms with E-state index >= 15 is 0 Å². The Labute approximate surface area is 107 Å². The zero-order valence-corrected chi connectivity index (χ0v) is 10.2. The molecule has 18 heavy (non-hydrogen) atoms. The van der Waals surface area contributed by atoms with Gasteiger partial charge < -0.3 is 0 Å². The lowest BCUT2D eigenvalue weighted by molar-refractivity contribution is 1.26. The molecule has 0 fully saturated rings. The summed E-state index contributed by atoms with van der Waals surface area (Å²) in [6.45, 7) is 0. The summed E-state index contributed by atoms with van der Waals surface area (Å²) in [4.78, 5) is 8.93. The molecule has 0 saturated carbocycles. The zero-order valence-electron chi connectivity index (χ0n) is 10.2. The fourth-order valence-electron chi connectivity index (χ4n) is 2.35. The average molecular weight is 234 g/mol. The highest BCUT2D eigenvalue weighted by molar-refractivity contribution is 6.17. The van der Waals surface area contributed by atoms with E-state index in [1.165, 1.54) is 11.1 Å². The van der Waals surface area contributed by atoms with Gasteiger partial charge in [-0.05, 0) is 17.2 Å². The quantitative estimate of drug-likeness (QED) is 0.709. The highest BCUT2D eigenvalue weighted by atomic mass is 14.8. The minimum Gasteiger partial charge on any atom is -0.300 e. The summed E-state index contributed by atoms with van der Waals surface area (Å²) in [5, 5.41) is 0. The lowest BCUT2D eigenvalue weighted by Crippen LogP contribution is -2.11. The van der Waals surface area contributed by atoms with Crippen LogP contribution in [0.25, 0.3) is 0 Å². The van der Waals surface area contributed by atoms with E-state index in [0.29, 0.717) is 0 Å². The van der Waals surface area contributed by atoms with E-state index < -0.39 is 0 Å². The van der Waals surface area contributed by atoms with Gasteiger partial charge in [0.1, 0.15) is 0 Å². The van der Waals surface area contributed by atoms with Gasteiger partial charge in [0, 0.05) is 13.3 Å². The fraction of sp³-hybridized carbons (Fsp3) is 0.125. The molecule has 0 saturated heterocycles. The number of nitrogens with zero attached hydrogens (tertiary/aromatic N) is 2. The smallest absolute Gasteiger partial charge is 0.0676 e. The van der Waals surface area contributed by atoms with E-state index in [2.05, 4.69) is 35.3 Å². The summed E-state index contributed by atoms with van der Waals surface area (Å²) in [7, 11) is 1.81. The van der Waals surface area contributed by atoms with Crippen LogP contribution >= 0.6 is 0 Å². The first-order valence-electron chi connectivity index (χ1n) is 6.05. The monoisotopic (exact) mass is 234 g/mol. The first-order valence-corrected chi connectivity index (χ1v) is 6.05. The SMILES string of the molecule is C/N=C/C1C(c2ccccc2)=Nc2ccccc21. The molecule has 0 aromatic heterocycles. The van der Waals surface area contributed by atoms with Gasteiger partial charge in [0.2, 0.25) is 0 Å². The molecule has 1 aliphatic rings. The Morgan fingerprint density at radius 1 is 1.00 bits per heavy atom. The summed E-state index contributed by atoms with van der Waals surface area (Å²) in [5.41, 5.74) is 4.55. The number of hydrogen-bond donors (Lipinski definition) is 0. The largest absolute Gasteiger partial charge is 0.300 e. The van der Waals surface area contributed by atoms with Gasteiger partial charge in [-0.15, -0.1) is 0 Å². The molecule has 2 aromatic carbocycles. The summed E-state index contributed by atoms with van der Waals surface area (Å²) in [6, 6.07) is 18.6. The minimum absolute atomic E-state index is 0.175. The number of fused-ring (bicyclic) bond motifs is 1. The molecule has 2 heteroatoms. The Morgan fingerprint density at radius 2 is 1.72 bits per heavy atom. The maximum absolute atomic E-state index is 4.75. The molecule has 0 radical (unpaired) electrons. The highest BCUT2D eigenvalue weighted by Crippen LogP contribution is 2.36. The molecule has 1 aliphatic heterocycles. The molecule has 1 unspecified atom stereocenters. The first kappa shape index (κ1) is 10.9. The van der Waals surface area contributed by atoms with Gasteiger partial charge in [-0.25, -0.2) is 0 Å². The maximum Gasteiger partial charge on any atom is 0.0676 e. The van der Waals surface area contributed by atoms with Crippen LogP contribution in [-0.4, -0.2) is 19.0 Å². The Morgan fingerprint density at radius 3 is 2.50 bits per heavy atom. The summed E-state index contributed by atoms with van der Waals surface area (Å²) in [5.74, 6) is 0.175. The molecule has 1 atom stereocenters. The van der Waals surface area contributed by atoms with Crippen LogP contribution in [0, 0.1) is 0 Å². The van der Waals surface area contributed by atoms with Crippen LogP contribution in [0.1, 0.15) is 17.0 Å². The van der Waals surface area contributed by atoms with E-state index in [4.69, 9.17) is 4.99 Å². The van der Waals surface area contributed by atoms with Crippen molar-refractivity contribution in [2.24, 2.45) is 9.98 Å². The number of benzene rings is 2. The lowest BCUT2D eigenvalue weighted by atomic mass is 9.93. The summed E-state index contributed by atoms with van der Waals surface area (Å²) < 4.78 is 0. The Balaban J connectivity index is 2.11. The zero-order chi connectivity index (χ0) is 12.4. The second kappa shape index (κ2) is 4.57. The third-order valence-electron chi connectivity index (χ3n) is 3.18. The molecule has 0 aliphatic carbocycles. The molecule has 3 rings (SSSR count). The maximum atomic E-state index is 4.75. The third kappa shape index (κ3) is 1.76. The van der Waals surface area contributed by atoms with Gasteiger partial charge in [-0.2, -0.15) is 0 Å². The van der Waals surface area contributed by atoms with Gasteiger partial charge in [0.15, 0.2) is 0 Å². The standard InChI is InChI=1S/C16H14N2/c1-17-11-14-13-9-5-6-10-15(13)18-16(14)12-7-3-2-4-8-12/h2-11,14H,1H3/b17-11+. The van der Waals surface area contributed by atoms with Crippen molar-refractivity contribution in [3.63, 3.8) is 0 Å². The summed E-state index contributed by atoms with van der Waals surface area (Å²) in [6.07, 6.45) is 1.97. The van der Waals surface area contributed by atoms with Crippen LogP contribution in [0.15, 0.2) is 64.6 Å². The van der Waals surface area contributed by atoms with Gasteiger partial charge in [-0.1, -0.05) is 48.5 Å². The molecule has 2 nitrogen and oxygen atoms in total. The van der Waals surface area contributed by atoms with Gasteiger partial charge in [0.25, 0.3) is 0 Å². The van der Waals surface area contributed by atoms with Crippen LogP contribution in [-0.2, 0) is 0 Å². The molecule has 0 amide bonds. The predicted octanol–water partition coefficient (Wildman–Crippen LogP) is 3.61. The highest BCUT2D eigenvalue weighted by Gasteiger charge is 2.26. The number of para-hydroxylation sites is 1. The van der Waals surface area contributed by atoms with Crippen LogP contribution in [0.3, 0.4) is 0 Å². The topological polar surface area (TPSA) is 24.7 Å². The molecule has 0 bridgehead atoms.